The normalized spacial score (nSPS) is 15.1. The first-order chi connectivity index (χ1) is 17.6. The van der Waals surface area contributed by atoms with E-state index in [1.54, 1.807) is 11.8 Å². The van der Waals surface area contributed by atoms with Crippen LogP contribution in [0.5, 0.6) is 0 Å². The second-order valence-corrected chi connectivity index (χ2v) is 10.0. The topological polar surface area (TPSA) is 55.8 Å². The zero-order valence-electron chi connectivity index (χ0n) is 22.6. The maximum absolute atomic E-state index is 12.8. The smallest absolute Gasteiger partial charge is 0.414 e. The van der Waals surface area contributed by atoms with Crippen molar-refractivity contribution in [1.29, 1.82) is 0 Å². The summed E-state index contributed by atoms with van der Waals surface area (Å²) in [5, 5.41) is 0. The summed E-state index contributed by atoms with van der Waals surface area (Å²) in [6.07, 6.45) is 22.5. The lowest BCUT2D eigenvalue weighted by Crippen LogP contribution is -2.37. The van der Waals surface area contributed by atoms with E-state index in [1.807, 2.05) is 18.2 Å². The van der Waals surface area contributed by atoms with Gasteiger partial charge in [0.25, 0.3) is 0 Å². The highest BCUT2D eigenvalue weighted by Gasteiger charge is 2.32. The Bertz CT molecular complexity index is 815. The Kier molecular flexibility index (Phi) is 14.8. The first-order valence-corrected chi connectivity index (χ1v) is 14.2. The zero-order chi connectivity index (χ0) is 26.0. The Morgan fingerprint density at radius 2 is 1.53 bits per heavy atom. The van der Waals surface area contributed by atoms with E-state index in [2.05, 4.69) is 18.9 Å². The minimum atomic E-state index is -0.941. The standard InChI is InChI=1S/C31H47NO4/c1-4-6-7-8-9-10-11-12-13-14-15-16-17-22-30(33)35-26(3)36-31(34)32(25-5-2)29-24-23-27-20-18-19-21-28(27)29/h2,18-21,26,29H,4,6-17,22-25H2,1,3H3/t26?,29-/m1/s1. The molecular formula is C31H47NO4. The highest BCUT2D eigenvalue weighted by molar-refractivity contribution is 5.71. The fraction of sp³-hybridized carbons (Fsp3) is 0.677. The largest absolute Gasteiger partial charge is 0.425 e. The van der Waals surface area contributed by atoms with Crippen LogP contribution in [-0.4, -0.2) is 29.8 Å². The van der Waals surface area contributed by atoms with Gasteiger partial charge in [0.1, 0.15) is 0 Å². The van der Waals surface area contributed by atoms with Crippen molar-refractivity contribution in [2.24, 2.45) is 0 Å². The number of esters is 1. The molecule has 0 aromatic heterocycles. The first-order valence-electron chi connectivity index (χ1n) is 14.2. The number of fused-ring (bicyclic) bond motifs is 1. The van der Waals surface area contributed by atoms with Crippen LogP contribution in [0.25, 0.3) is 0 Å². The predicted octanol–water partition coefficient (Wildman–Crippen LogP) is 8.12. The van der Waals surface area contributed by atoms with Crippen LogP contribution in [0.4, 0.5) is 4.79 Å². The minimum Gasteiger partial charge on any atom is -0.425 e. The summed E-state index contributed by atoms with van der Waals surface area (Å²) in [6.45, 7) is 3.99. The third kappa shape index (κ3) is 11.1. The van der Waals surface area contributed by atoms with Crippen molar-refractivity contribution in [2.45, 2.75) is 129 Å². The average Bonchev–Trinajstić information content (AvgIpc) is 3.29. The van der Waals surface area contributed by atoms with Crippen molar-refractivity contribution < 1.29 is 19.1 Å². The molecule has 2 rings (SSSR count). The monoisotopic (exact) mass is 497 g/mol. The average molecular weight is 498 g/mol. The number of hydrogen-bond donors (Lipinski definition) is 0. The molecule has 5 heteroatoms. The fourth-order valence-electron chi connectivity index (χ4n) is 5.02. The third-order valence-electron chi connectivity index (χ3n) is 7.02. The van der Waals surface area contributed by atoms with E-state index in [-0.39, 0.29) is 18.6 Å². The molecule has 200 valence electrons. The summed E-state index contributed by atoms with van der Waals surface area (Å²) in [5.41, 5.74) is 2.34. The molecule has 0 N–H and O–H groups in total. The van der Waals surface area contributed by atoms with Gasteiger partial charge in [-0.2, -0.15) is 0 Å². The number of ether oxygens (including phenoxy) is 2. The van der Waals surface area contributed by atoms with Crippen molar-refractivity contribution in [3.63, 3.8) is 0 Å². The number of unbranched alkanes of at least 4 members (excludes halogenated alkanes) is 12. The molecular weight excluding hydrogens is 450 g/mol. The van der Waals surface area contributed by atoms with Gasteiger partial charge in [-0.15, -0.1) is 6.42 Å². The highest BCUT2D eigenvalue weighted by atomic mass is 16.7. The highest BCUT2D eigenvalue weighted by Crippen LogP contribution is 2.35. The van der Waals surface area contributed by atoms with E-state index in [9.17, 15) is 9.59 Å². The van der Waals surface area contributed by atoms with E-state index in [0.29, 0.717) is 6.42 Å². The molecule has 36 heavy (non-hydrogen) atoms. The van der Waals surface area contributed by atoms with E-state index < -0.39 is 12.4 Å². The summed E-state index contributed by atoms with van der Waals surface area (Å²) in [7, 11) is 0. The molecule has 0 bridgehead atoms. The molecule has 0 aliphatic heterocycles. The van der Waals surface area contributed by atoms with E-state index in [0.717, 1.165) is 37.7 Å². The van der Waals surface area contributed by atoms with Gasteiger partial charge in [0.15, 0.2) is 0 Å². The molecule has 1 aliphatic rings. The third-order valence-corrected chi connectivity index (χ3v) is 7.02. The van der Waals surface area contributed by atoms with Gasteiger partial charge in [-0.3, -0.25) is 9.69 Å². The molecule has 0 saturated heterocycles. The molecule has 5 nitrogen and oxygen atoms in total. The second kappa shape index (κ2) is 17.9. The van der Waals surface area contributed by atoms with Gasteiger partial charge in [-0.05, 0) is 30.4 Å². The lowest BCUT2D eigenvalue weighted by atomic mass is 10.0. The molecule has 2 atom stereocenters. The number of carbonyl (C=O) groups excluding carboxylic acids is 2. The molecule has 0 fully saturated rings. The molecule has 0 heterocycles. The SMILES string of the molecule is C#CCN(C(=O)OC(C)OC(=O)CCCCCCCCCCCCCCC)[C@@H]1CCc2ccccc21. The first kappa shape index (κ1) is 29.7. The molecule has 1 amide bonds. The van der Waals surface area contributed by atoms with Gasteiger partial charge in [-0.25, -0.2) is 4.79 Å². The van der Waals surface area contributed by atoms with Crippen LogP contribution in [0, 0.1) is 12.3 Å². The molecule has 0 saturated carbocycles. The van der Waals surface area contributed by atoms with Gasteiger partial charge in [0, 0.05) is 13.3 Å². The summed E-state index contributed by atoms with van der Waals surface area (Å²) < 4.78 is 10.8. The second-order valence-electron chi connectivity index (χ2n) is 10.0. The van der Waals surface area contributed by atoms with Gasteiger partial charge in [-0.1, -0.05) is 114 Å². The van der Waals surface area contributed by atoms with Crippen molar-refractivity contribution in [2.75, 3.05) is 6.54 Å². The van der Waals surface area contributed by atoms with Crippen molar-refractivity contribution in [1.82, 2.24) is 4.90 Å². The number of aryl methyl sites for hydroxylation is 1. The van der Waals surface area contributed by atoms with Gasteiger partial charge >= 0.3 is 12.1 Å². The van der Waals surface area contributed by atoms with Crippen molar-refractivity contribution >= 4 is 12.1 Å². The Balaban J connectivity index is 1.56. The van der Waals surface area contributed by atoms with Crippen LogP contribution < -0.4 is 0 Å². The maximum Gasteiger partial charge on any atom is 0.414 e. The van der Waals surface area contributed by atoms with Gasteiger partial charge in [0.2, 0.25) is 6.29 Å². The van der Waals surface area contributed by atoms with Crippen LogP contribution in [0.15, 0.2) is 24.3 Å². The number of rotatable bonds is 18. The Hall–Kier alpha value is -2.48. The summed E-state index contributed by atoms with van der Waals surface area (Å²) in [5.74, 6) is 2.23. The lowest BCUT2D eigenvalue weighted by molar-refractivity contribution is -0.166. The molecule has 1 aromatic rings. The predicted molar refractivity (Wildman–Crippen MR) is 145 cm³/mol. The van der Waals surface area contributed by atoms with Crippen LogP contribution in [-0.2, 0) is 20.7 Å². The summed E-state index contributed by atoms with van der Waals surface area (Å²) in [4.78, 5) is 26.6. The number of terminal acetylenes is 1. The minimum absolute atomic E-state index is 0.113. The van der Waals surface area contributed by atoms with E-state index in [4.69, 9.17) is 15.9 Å². The zero-order valence-corrected chi connectivity index (χ0v) is 22.6. The fourth-order valence-corrected chi connectivity index (χ4v) is 5.02. The van der Waals surface area contributed by atoms with Crippen molar-refractivity contribution in [3.8, 4) is 12.3 Å². The van der Waals surface area contributed by atoms with E-state index in [1.165, 1.54) is 69.8 Å². The van der Waals surface area contributed by atoms with Crippen LogP contribution in [0.2, 0.25) is 0 Å². The summed E-state index contributed by atoms with van der Waals surface area (Å²) in [6, 6.07) is 7.97. The van der Waals surface area contributed by atoms with Crippen molar-refractivity contribution in [3.05, 3.63) is 35.4 Å². The van der Waals surface area contributed by atoms with Crippen LogP contribution in [0.1, 0.15) is 127 Å². The van der Waals surface area contributed by atoms with Gasteiger partial charge < -0.3 is 9.47 Å². The molecule has 0 radical (unpaired) electrons. The number of amides is 1. The van der Waals surface area contributed by atoms with Crippen LogP contribution >= 0.6 is 0 Å². The number of hydrogen-bond acceptors (Lipinski definition) is 4. The molecule has 1 unspecified atom stereocenters. The Labute approximate surface area is 219 Å². The maximum atomic E-state index is 12.8. The Morgan fingerprint density at radius 3 is 2.14 bits per heavy atom. The lowest BCUT2D eigenvalue weighted by Gasteiger charge is -2.28. The van der Waals surface area contributed by atoms with Crippen LogP contribution in [0.3, 0.4) is 0 Å². The number of carbonyl (C=O) groups is 2. The quantitative estimate of drug-likeness (QED) is 0.0889. The Morgan fingerprint density at radius 1 is 0.944 bits per heavy atom. The summed E-state index contributed by atoms with van der Waals surface area (Å²) >= 11 is 0. The number of nitrogens with zero attached hydrogens (tertiary/aromatic N) is 1. The van der Waals surface area contributed by atoms with E-state index >= 15 is 0 Å². The molecule has 0 spiro atoms. The van der Waals surface area contributed by atoms with Gasteiger partial charge in [0.05, 0.1) is 12.6 Å². The molecule has 1 aliphatic carbocycles. The molecule has 1 aromatic carbocycles. The number of benzene rings is 1.